The fourth-order valence-corrected chi connectivity index (χ4v) is 2.34. The molecular formula is C12H17NO. The van der Waals surface area contributed by atoms with Gasteiger partial charge < -0.3 is 10.2 Å². The topological polar surface area (TPSA) is 39.2 Å². The minimum atomic E-state index is -0.129. The van der Waals surface area contributed by atoms with E-state index in [1.807, 2.05) is 0 Å². The van der Waals surface area contributed by atoms with E-state index in [1.54, 1.807) is 0 Å². The second-order valence-electron chi connectivity index (χ2n) is 5.03. The van der Waals surface area contributed by atoms with Crippen molar-refractivity contribution in [3.8, 4) is 0 Å². The summed E-state index contributed by atoms with van der Waals surface area (Å²) >= 11 is 0. The lowest BCUT2D eigenvalue weighted by Crippen LogP contribution is -2.42. The van der Waals surface area contributed by atoms with Gasteiger partial charge in [0.2, 0.25) is 0 Å². The van der Waals surface area contributed by atoms with Crippen molar-refractivity contribution < 1.29 is 4.42 Å². The van der Waals surface area contributed by atoms with Gasteiger partial charge in [-0.3, -0.25) is 0 Å². The molecule has 2 nitrogen and oxygen atoms in total. The highest BCUT2D eigenvalue weighted by molar-refractivity contribution is 5.23. The molecule has 76 valence electrons. The van der Waals surface area contributed by atoms with Gasteiger partial charge in [-0.25, -0.2) is 0 Å². The summed E-state index contributed by atoms with van der Waals surface area (Å²) in [4.78, 5) is 0. The Morgan fingerprint density at radius 2 is 2.14 bits per heavy atom. The van der Waals surface area contributed by atoms with E-state index in [0.717, 1.165) is 30.3 Å². The molecule has 3 rings (SSSR count). The van der Waals surface area contributed by atoms with E-state index in [0.29, 0.717) is 5.92 Å². The summed E-state index contributed by atoms with van der Waals surface area (Å²) in [5.74, 6) is 3.65. The van der Waals surface area contributed by atoms with Crippen molar-refractivity contribution in [1.29, 1.82) is 0 Å². The van der Waals surface area contributed by atoms with Gasteiger partial charge in [0.25, 0.3) is 0 Å². The number of furan rings is 1. The van der Waals surface area contributed by atoms with Crippen molar-refractivity contribution in [2.45, 2.75) is 44.1 Å². The molecular weight excluding hydrogens is 174 g/mol. The number of hydrogen-bond acceptors (Lipinski definition) is 2. The monoisotopic (exact) mass is 191 g/mol. The van der Waals surface area contributed by atoms with Crippen molar-refractivity contribution >= 4 is 0 Å². The first-order chi connectivity index (χ1) is 6.69. The lowest BCUT2D eigenvalue weighted by atomic mass is 9.76. The van der Waals surface area contributed by atoms with Crippen LogP contribution in [-0.2, 0) is 5.54 Å². The Labute approximate surface area is 84.5 Å². The molecule has 2 saturated carbocycles. The molecule has 0 aliphatic heterocycles. The molecule has 2 N–H and O–H groups in total. The summed E-state index contributed by atoms with van der Waals surface area (Å²) in [6.45, 7) is 2.27. The van der Waals surface area contributed by atoms with Crippen LogP contribution in [0.15, 0.2) is 16.5 Å². The van der Waals surface area contributed by atoms with E-state index in [2.05, 4.69) is 19.1 Å². The van der Waals surface area contributed by atoms with Crippen LogP contribution in [0.25, 0.3) is 0 Å². The molecule has 2 aliphatic rings. The highest BCUT2D eigenvalue weighted by Crippen LogP contribution is 2.49. The molecule has 2 aliphatic carbocycles. The van der Waals surface area contributed by atoms with Gasteiger partial charge >= 0.3 is 0 Å². The molecule has 1 aromatic rings. The van der Waals surface area contributed by atoms with E-state index in [9.17, 15) is 0 Å². The predicted octanol–water partition coefficient (Wildman–Crippen LogP) is 2.74. The molecule has 0 spiro atoms. The third-order valence-electron chi connectivity index (χ3n) is 3.84. The van der Waals surface area contributed by atoms with Crippen LogP contribution in [0.3, 0.4) is 0 Å². The quantitative estimate of drug-likeness (QED) is 0.780. The van der Waals surface area contributed by atoms with E-state index in [-0.39, 0.29) is 5.54 Å². The van der Waals surface area contributed by atoms with Crippen molar-refractivity contribution in [2.75, 3.05) is 0 Å². The minimum absolute atomic E-state index is 0.129. The Morgan fingerprint density at radius 1 is 1.43 bits per heavy atom. The van der Waals surface area contributed by atoms with Crippen molar-refractivity contribution in [3.63, 3.8) is 0 Å². The van der Waals surface area contributed by atoms with Gasteiger partial charge in [0, 0.05) is 5.92 Å². The largest absolute Gasteiger partial charge is 0.464 e. The molecule has 1 aromatic heterocycles. The third-order valence-corrected chi connectivity index (χ3v) is 3.84. The predicted molar refractivity (Wildman–Crippen MR) is 54.9 cm³/mol. The molecule has 0 saturated heterocycles. The van der Waals surface area contributed by atoms with Crippen molar-refractivity contribution in [3.05, 3.63) is 23.7 Å². The summed E-state index contributed by atoms with van der Waals surface area (Å²) in [5.41, 5.74) is 6.07. The first-order valence-electron chi connectivity index (χ1n) is 5.58. The van der Waals surface area contributed by atoms with Gasteiger partial charge in [0.1, 0.15) is 11.5 Å². The summed E-state index contributed by atoms with van der Waals surface area (Å²) in [7, 11) is 0. The van der Waals surface area contributed by atoms with E-state index in [1.165, 1.54) is 12.8 Å². The summed E-state index contributed by atoms with van der Waals surface area (Å²) in [6.07, 6.45) is 4.69. The number of rotatable bonds is 2. The molecule has 0 radical (unpaired) electrons. The molecule has 0 amide bonds. The minimum Gasteiger partial charge on any atom is -0.464 e. The van der Waals surface area contributed by atoms with Crippen LogP contribution >= 0.6 is 0 Å². The number of hydrogen-bond donors (Lipinski definition) is 1. The Kier molecular flexibility index (Phi) is 1.61. The van der Waals surface area contributed by atoms with Gasteiger partial charge in [-0.2, -0.15) is 0 Å². The number of nitrogens with two attached hydrogens (primary N) is 1. The zero-order valence-corrected chi connectivity index (χ0v) is 8.62. The maximum absolute atomic E-state index is 6.20. The van der Waals surface area contributed by atoms with E-state index < -0.39 is 0 Å². The van der Waals surface area contributed by atoms with Crippen LogP contribution in [0.1, 0.15) is 50.0 Å². The molecule has 2 heteroatoms. The molecule has 1 heterocycles. The first kappa shape index (κ1) is 8.54. The fourth-order valence-electron chi connectivity index (χ4n) is 2.34. The van der Waals surface area contributed by atoms with Crippen molar-refractivity contribution in [1.82, 2.24) is 0 Å². The second-order valence-corrected chi connectivity index (χ2v) is 5.03. The Morgan fingerprint density at radius 3 is 2.64 bits per heavy atom. The van der Waals surface area contributed by atoms with Gasteiger partial charge in [0.05, 0.1) is 5.54 Å². The van der Waals surface area contributed by atoms with Gasteiger partial charge in [0.15, 0.2) is 0 Å². The fraction of sp³-hybridized carbons (Fsp3) is 0.667. The zero-order chi connectivity index (χ0) is 9.76. The van der Waals surface area contributed by atoms with Crippen LogP contribution in [0.5, 0.6) is 0 Å². The first-order valence-corrected chi connectivity index (χ1v) is 5.58. The summed E-state index contributed by atoms with van der Waals surface area (Å²) in [5, 5.41) is 0. The molecule has 2 atom stereocenters. The van der Waals surface area contributed by atoms with Crippen LogP contribution in [0.2, 0.25) is 0 Å². The van der Waals surface area contributed by atoms with Crippen LogP contribution in [0.4, 0.5) is 0 Å². The third kappa shape index (κ3) is 1.13. The Bertz CT molecular complexity index is 351. The summed E-state index contributed by atoms with van der Waals surface area (Å²) in [6, 6.07) is 4.20. The Hall–Kier alpha value is -0.760. The smallest absolute Gasteiger partial charge is 0.124 e. The van der Waals surface area contributed by atoms with E-state index in [4.69, 9.17) is 10.2 Å². The summed E-state index contributed by atoms with van der Waals surface area (Å²) < 4.78 is 5.86. The standard InChI is InChI=1S/C12H17NO/c1-8-7-9(8)10-3-4-11(14-10)12(13)5-2-6-12/h3-4,8-9H,2,5-7,13H2,1H3. The lowest BCUT2D eigenvalue weighted by Gasteiger charge is -2.35. The average molecular weight is 191 g/mol. The van der Waals surface area contributed by atoms with Crippen LogP contribution in [-0.4, -0.2) is 0 Å². The maximum atomic E-state index is 6.20. The SMILES string of the molecule is CC1CC1c1ccc(C2(N)CCC2)o1. The Balaban J connectivity index is 1.83. The highest BCUT2D eigenvalue weighted by atomic mass is 16.3. The van der Waals surface area contributed by atoms with Crippen molar-refractivity contribution in [2.24, 2.45) is 11.7 Å². The van der Waals surface area contributed by atoms with Gasteiger partial charge in [-0.15, -0.1) is 0 Å². The average Bonchev–Trinajstić information content (AvgIpc) is 2.66. The molecule has 0 aromatic carbocycles. The molecule has 2 fully saturated rings. The normalized spacial score (nSPS) is 33.9. The second kappa shape index (κ2) is 2.63. The van der Waals surface area contributed by atoms with Crippen LogP contribution < -0.4 is 5.73 Å². The van der Waals surface area contributed by atoms with Crippen LogP contribution in [0, 0.1) is 5.92 Å². The van der Waals surface area contributed by atoms with E-state index >= 15 is 0 Å². The molecule has 0 bridgehead atoms. The maximum Gasteiger partial charge on any atom is 0.124 e. The molecule has 2 unspecified atom stereocenters. The zero-order valence-electron chi connectivity index (χ0n) is 8.62. The van der Waals surface area contributed by atoms with Gasteiger partial charge in [-0.05, 0) is 43.7 Å². The van der Waals surface area contributed by atoms with Gasteiger partial charge in [-0.1, -0.05) is 6.92 Å². The molecule has 14 heavy (non-hydrogen) atoms. The lowest BCUT2D eigenvalue weighted by molar-refractivity contribution is 0.204. The highest BCUT2D eigenvalue weighted by Gasteiger charge is 2.40.